The number of aryl methyl sites for hydroxylation is 1. The predicted octanol–water partition coefficient (Wildman–Crippen LogP) is 1.19. The van der Waals surface area contributed by atoms with Gasteiger partial charge < -0.3 is 10.3 Å². The van der Waals surface area contributed by atoms with Gasteiger partial charge in [0.05, 0.1) is 5.56 Å². The van der Waals surface area contributed by atoms with E-state index >= 15 is 0 Å². The van der Waals surface area contributed by atoms with Crippen molar-refractivity contribution in [3.05, 3.63) is 42.2 Å². The van der Waals surface area contributed by atoms with Gasteiger partial charge in [-0.25, -0.2) is 4.98 Å². The van der Waals surface area contributed by atoms with Gasteiger partial charge in [0.2, 0.25) is 5.91 Å². The van der Waals surface area contributed by atoms with E-state index in [0.717, 1.165) is 11.4 Å². The minimum atomic E-state index is -0.436. The molecule has 1 amide bonds. The van der Waals surface area contributed by atoms with Crippen LogP contribution in [0.5, 0.6) is 0 Å². The summed E-state index contributed by atoms with van der Waals surface area (Å²) in [7, 11) is 1.88. The molecule has 76 valence electrons. The summed E-state index contributed by atoms with van der Waals surface area (Å²) in [5, 5.41) is 0. The zero-order chi connectivity index (χ0) is 10.8. The quantitative estimate of drug-likeness (QED) is 0.793. The number of carbonyl (C=O) groups is 1. The van der Waals surface area contributed by atoms with Crippen LogP contribution < -0.4 is 5.73 Å². The molecule has 4 nitrogen and oxygen atoms in total. The van der Waals surface area contributed by atoms with Gasteiger partial charge in [-0.2, -0.15) is 0 Å². The van der Waals surface area contributed by atoms with Crippen LogP contribution in [-0.4, -0.2) is 15.5 Å². The third-order valence-corrected chi connectivity index (χ3v) is 2.25. The van der Waals surface area contributed by atoms with E-state index < -0.39 is 5.91 Å². The summed E-state index contributed by atoms with van der Waals surface area (Å²) in [4.78, 5) is 15.4. The molecule has 2 N–H and O–H groups in total. The third-order valence-electron chi connectivity index (χ3n) is 2.25. The number of carbonyl (C=O) groups excluding carboxylic acids is 1. The molecule has 2 rings (SSSR count). The summed E-state index contributed by atoms with van der Waals surface area (Å²) in [6.07, 6.45) is 3.51. The van der Waals surface area contributed by atoms with Crippen LogP contribution in [0.4, 0.5) is 0 Å². The maximum Gasteiger partial charge on any atom is 0.249 e. The Kier molecular flexibility index (Phi) is 2.25. The van der Waals surface area contributed by atoms with Gasteiger partial charge >= 0.3 is 0 Å². The van der Waals surface area contributed by atoms with Crippen LogP contribution in [0.15, 0.2) is 36.7 Å². The number of hydrogen-bond acceptors (Lipinski definition) is 2. The molecule has 0 radical (unpaired) electrons. The fourth-order valence-electron chi connectivity index (χ4n) is 1.52. The molecule has 15 heavy (non-hydrogen) atoms. The number of primary amides is 1. The molecule has 0 unspecified atom stereocenters. The summed E-state index contributed by atoms with van der Waals surface area (Å²) in [6, 6.07) is 7.18. The lowest BCUT2D eigenvalue weighted by molar-refractivity contribution is 0.100. The van der Waals surface area contributed by atoms with Crippen LogP contribution in [0.1, 0.15) is 10.4 Å². The Morgan fingerprint density at radius 3 is 2.73 bits per heavy atom. The van der Waals surface area contributed by atoms with Crippen molar-refractivity contribution >= 4 is 5.91 Å². The number of nitrogens with zero attached hydrogens (tertiary/aromatic N) is 2. The van der Waals surface area contributed by atoms with E-state index in [2.05, 4.69) is 4.98 Å². The van der Waals surface area contributed by atoms with Crippen LogP contribution in [0.25, 0.3) is 11.4 Å². The first kappa shape index (κ1) is 9.45. The number of benzene rings is 1. The molecule has 1 aromatic carbocycles. The lowest BCUT2D eigenvalue weighted by Crippen LogP contribution is -2.13. The highest BCUT2D eigenvalue weighted by Crippen LogP contribution is 2.20. The van der Waals surface area contributed by atoms with Crippen LogP contribution in [0, 0.1) is 0 Å². The van der Waals surface area contributed by atoms with Crippen LogP contribution in [0.3, 0.4) is 0 Å². The van der Waals surface area contributed by atoms with E-state index in [-0.39, 0.29) is 0 Å². The van der Waals surface area contributed by atoms with E-state index in [1.54, 1.807) is 18.3 Å². The second-order valence-electron chi connectivity index (χ2n) is 3.27. The topological polar surface area (TPSA) is 60.9 Å². The molecule has 0 bridgehead atoms. The van der Waals surface area contributed by atoms with Gasteiger partial charge in [-0.3, -0.25) is 4.79 Å². The van der Waals surface area contributed by atoms with Gasteiger partial charge in [-0.15, -0.1) is 0 Å². The number of hydrogen-bond donors (Lipinski definition) is 1. The highest BCUT2D eigenvalue weighted by Gasteiger charge is 2.11. The zero-order valence-corrected chi connectivity index (χ0v) is 8.34. The van der Waals surface area contributed by atoms with E-state index in [4.69, 9.17) is 5.73 Å². The minimum absolute atomic E-state index is 0.436. The predicted molar refractivity (Wildman–Crippen MR) is 57.2 cm³/mol. The maximum absolute atomic E-state index is 11.2. The Labute approximate surface area is 87.4 Å². The number of aromatic nitrogens is 2. The van der Waals surface area contributed by atoms with Crippen molar-refractivity contribution in [3.63, 3.8) is 0 Å². The van der Waals surface area contributed by atoms with Crippen molar-refractivity contribution in [2.24, 2.45) is 12.8 Å². The number of amides is 1. The second-order valence-corrected chi connectivity index (χ2v) is 3.27. The first-order chi connectivity index (χ1) is 7.20. The molecule has 0 spiro atoms. The van der Waals surface area contributed by atoms with Gasteiger partial charge in [0.1, 0.15) is 5.82 Å². The molecule has 1 heterocycles. The van der Waals surface area contributed by atoms with Crippen molar-refractivity contribution in [2.45, 2.75) is 0 Å². The summed E-state index contributed by atoms with van der Waals surface area (Å²) in [5.74, 6) is 0.304. The normalized spacial score (nSPS) is 10.2. The number of rotatable bonds is 2. The summed E-state index contributed by atoms with van der Waals surface area (Å²) < 4.78 is 1.85. The van der Waals surface area contributed by atoms with E-state index in [9.17, 15) is 4.79 Å². The molecule has 0 atom stereocenters. The van der Waals surface area contributed by atoms with Crippen molar-refractivity contribution in [1.82, 2.24) is 9.55 Å². The molecule has 0 saturated heterocycles. The highest BCUT2D eigenvalue weighted by atomic mass is 16.1. The average Bonchev–Trinajstić information content (AvgIpc) is 2.64. The second kappa shape index (κ2) is 3.57. The molecular formula is C11H11N3O. The number of imidazole rings is 1. The molecule has 1 aromatic heterocycles. The molecule has 0 saturated carbocycles. The van der Waals surface area contributed by atoms with Crippen molar-refractivity contribution < 1.29 is 4.79 Å². The molecule has 0 aliphatic rings. The molecular weight excluding hydrogens is 190 g/mol. The van der Waals surface area contributed by atoms with Crippen LogP contribution in [-0.2, 0) is 7.05 Å². The molecule has 4 heteroatoms. The molecule has 0 aliphatic heterocycles. The first-order valence-corrected chi connectivity index (χ1v) is 4.56. The zero-order valence-electron chi connectivity index (χ0n) is 8.34. The monoisotopic (exact) mass is 201 g/mol. The van der Waals surface area contributed by atoms with E-state index in [1.165, 1.54) is 0 Å². The lowest BCUT2D eigenvalue weighted by atomic mass is 10.1. The van der Waals surface area contributed by atoms with Crippen molar-refractivity contribution in [2.75, 3.05) is 0 Å². The maximum atomic E-state index is 11.2. The average molecular weight is 201 g/mol. The van der Waals surface area contributed by atoms with Gasteiger partial charge in [0.15, 0.2) is 0 Å². The largest absolute Gasteiger partial charge is 0.366 e. The van der Waals surface area contributed by atoms with E-state index in [1.807, 2.05) is 29.9 Å². The van der Waals surface area contributed by atoms with Gasteiger partial charge in [-0.1, -0.05) is 18.2 Å². The minimum Gasteiger partial charge on any atom is -0.366 e. The van der Waals surface area contributed by atoms with Gasteiger partial charge in [0.25, 0.3) is 0 Å². The Morgan fingerprint density at radius 2 is 2.13 bits per heavy atom. The molecule has 0 fully saturated rings. The first-order valence-electron chi connectivity index (χ1n) is 4.56. The van der Waals surface area contributed by atoms with Crippen LogP contribution in [0.2, 0.25) is 0 Å². The lowest BCUT2D eigenvalue weighted by Gasteiger charge is -2.05. The van der Waals surface area contributed by atoms with Gasteiger partial charge in [0, 0.05) is 25.0 Å². The van der Waals surface area contributed by atoms with E-state index in [0.29, 0.717) is 5.56 Å². The Balaban J connectivity index is 2.63. The third kappa shape index (κ3) is 1.61. The number of nitrogens with two attached hydrogens (primary N) is 1. The fourth-order valence-corrected chi connectivity index (χ4v) is 1.52. The molecule has 2 aromatic rings. The molecule has 0 aliphatic carbocycles. The van der Waals surface area contributed by atoms with Gasteiger partial charge in [-0.05, 0) is 6.07 Å². The Morgan fingerprint density at radius 1 is 1.40 bits per heavy atom. The summed E-state index contributed by atoms with van der Waals surface area (Å²) in [6.45, 7) is 0. The smallest absolute Gasteiger partial charge is 0.249 e. The summed E-state index contributed by atoms with van der Waals surface area (Å²) >= 11 is 0. The van der Waals surface area contributed by atoms with Crippen molar-refractivity contribution in [3.8, 4) is 11.4 Å². The Hall–Kier alpha value is -2.10. The van der Waals surface area contributed by atoms with Crippen molar-refractivity contribution in [1.29, 1.82) is 0 Å². The fraction of sp³-hybridized carbons (Fsp3) is 0.0909. The van der Waals surface area contributed by atoms with Crippen LogP contribution >= 0.6 is 0 Å². The Bertz CT molecular complexity index is 502. The summed E-state index contributed by atoms with van der Waals surface area (Å²) in [5.41, 5.74) is 6.55. The standard InChI is InChI=1S/C11H11N3O/c1-14-7-6-13-11(14)9-5-3-2-4-8(9)10(12)15/h2-7H,1H3,(H2,12,15). The SMILES string of the molecule is Cn1ccnc1-c1ccccc1C(N)=O. The highest BCUT2D eigenvalue weighted by molar-refractivity contribution is 5.99.